The molecule has 3 N–H and O–H groups in total. The number of hydrogen-bond donors (Lipinski definition) is 2. The second-order valence-corrected chi connectivity index (χ2v) is 7.78. The minimum Gasteiger partial charge on any atom is -0.329 e. The van der Waals surface area contributed by atoms with Gasteiger partial charge in [0.1, 0.15) is 0 Å². The first kappa shape index (κ1) is 15.9. The summed E-state index contributed by atoms with van der Waals surface area (Å²) in [4.78, 5) is 5.13. The van der Waals surface area contributed by atoms with Crippen LogP contribution >= 0.6 is 11.3 Å². The molecule has 4 nitrogen and oxygen atoms in total. The van der Waals surface area contributed by atoms with Crippen LogP contribution in [0, 0.1) is 0 Å². The molecule has 1 atom stereocenters. The molecule has 5 heteroatoms. The van der Waals surface area contributed by atoms with E-state index in [0.717, 1.165) is 26.2 Å². The first-order valence-corrected chi connectivity index (χ1v) is 8.22. The number of likely N-dealkylation sites (N-methyl/N-ethyl adjacent to an activating group) is 1. The summed E-state index contributed by atoms with van der Waals surface area (Å²) in [5.74, 6) is 0. The zero-order valence-electron chi connectivity index (χ0n) is 13.1. The smallest absolute Gasteiger partial charge is 0.0680 e. The monoisotopic (exact) mass is 296 g/mol. The van der Waals surface area contributed by atoms with E-state index in [4.69, 9.17) is 5.73 Å². The highest BCUT2D eigenvalue weighted by molar-refractivity contribution is 7.12. The number of nitrogens with one attached hydrogen (secondary N) is 1. The van der Waals surface area contributed by atoms with Crippen molar-refractivity contribution < 1.29 is 0 Å². The first-order valence-electron chi connectivity index (χ1n) is 7.40. The Morgan fingerprint density at radius 1 is 1.25 bits per heavy atom. The third kappa shape index (κ3) is 4.02. The SMILES string of the molecule is CN1CCN(NC(CN)c2ccc(C(C)(C)C)s2)CC1. The molecule has 0 aromatic carbocycles. The summed E-state index contributed by atoms with van der Waals surface area (Å²) in [6, 6.07) is 4.71. The van der Waals surface area contributed by atoms with Crippen LogP contribution in [0.15, 0.2) is 12.1 Å². The van der Waals surface area contributed by atoms with E-state index in [1.807, 2.05) is 11.3 Å². The highest BCUT2D eigenvalue weighted by atomic mass is 32.1. The van der Waals surface area contributed by atoms with Gasteiger partial charge in [0.05, 0.1) is 6.04 Å². The fourth-order valence-electron chi connectivity index (χ4n) is 2.33. The Balaban J connectivity index is 1.99. The van der Waals surface area contributed by atoms with Gasteiger partial charge in [-0.1, -0.05) is 20.8 Å². The average Bonchev–Trinajstić information content (AvgIpc) is 2.87. The molecule has 0 aliphatic carbocycles. The topological polar surface area (TPSA) is 44.5 Å². The molecule has 2 rings (SSSR count). The number of rotatable bonds is 4. The van der Waals surface area contributed by atoms with Gasteiger partial charge in [-0.15, -0.1) is 11.3 Å². The predicted molar refractivity (Wildman–Crippen MR) is 87.0 cm³/mol. The summed E-state index contributed by atoms with van der Waals surface area (Å²) in [7, 11) is 2.17. The van der Waals surface area contributed by atoms with Crippen LogP contribution in [0.1, 0.15) is 36.6 Å². The van der Waals surface area contributed by atoms with Gasteiger partial charge in [-0.3, -0.25) is 0 Å². The fraction of sp³-hybridized carbons (Fsp3) is 0.733. The summed E-state index contributed by atoms with van der Waals surface area (Å²) in [6.07, 6.45) is 0. The maximum atomic E-state index is 5.97. The Morgan fingerprint density at radius 3 is 2.40 bits per heavy atom. The van der Waals surface area contributed by atoms with Crippen molar-refractivity contribution in [3.63, 3.8) is 0 Å². The Hall–Kier alpha value is -0.460. The molecule has 20 heavy (non-hydrogen) atoms. The van der Waals surface area contributed by atoms with Gasteiger partial charge >= 0.3 is 0 Å². The molecule has 1 aliphatic heterocycles. The van der Waals surface area contributed by atoms with Gasteiger partial charge in [0.2, 0.25) is 0 Å². The van der Waals surface area contributed by atoms with Crippen molar-refractivity contribution in [1.29, 1.82) is 0 Å². The lowest BCUT2D eigenvalue weighted by atomic mass is 9.95. The summed E-state index contributed by atoms with van der Waals surface area (Å²) >= 11 is 1.88. The van der Waals surface area contributed by atoms with Crippen LogP contribution in [0.3, 0.4) is 0 Å². The molecule has 114 valence electrons. The Labute approximate surface area is 126 Å². The minimum absolute atomic E-state index is 0.218. The summed E-state index contributed by atoms with van der Waals surface area (Å²) in [5, 5.41) is 2.31. The standard InChI is InChI=1S/C15H28N4S/c1-15(2,3)14-6-5-13(20-14)12(11-16)17-19-9-7-18(4)8-10-19/h5-6,12,17H,7-11,16H2,1-4H3. The van der Waals surface area contributed by atoms with Crippen LogP contribution in [0.25, 0.3) is 0 Å². The first-order chi connectivity index (χ1) is 9.40. The zero-order valence-corrected chi connectivity index (χ0v) is 14.0. The lowest BCUT2D eigenvalue weighted by molar-refractivity contribution is 0.0886. The summed E-state index contributed by atoms with van der Waals surface area (Å²) in [6.45, 7) is 11.8. The van der Waals surface area contributed by atoms with Crippen LogP contribution < -0.4 is 11.2 Å². The van der Waals surface area contributed by atoms with E-state index in [-0.39, 0.29) is 11.5 Å². The van der Waals surface area contributed by atoms with Crippen LogP contribution in [0.4, 0.5) is 0 Å². The number of hydrogen-bond acceptors (Lipinski definition) is 5. The van der Waals surface area contributed by atoms with E-state index in [1.165, 1.54) is 9.75 Å². The van der Waals surface area contributed by atoms with E-state index in [1.54, 1.807) is 0 Å². The number of nitrogens with two attached hydrogens (primary N) is 1. The molecule has 1 aromatic rings. The zero-order chi connectivity index (χ0) is 14.8. The largest absolute Gasteiger partial charge is 0.329 e. The van der Waals surface area contributed by atoms with E-state index < -0.39 is 0 Å². The molecular formula is C15H28N4S. The van der Waals surface area contributed by atoms with E-state index >= 15 is 0 Å². The molecule has 0 spiro atoms. The highest BCUT2D eigenvalue weighted by Crippen LogP contribution is 2.32. The van der Waals surface area contributed by atoms with E-state index in [9.17, 15) is 0 Å². The van der Waals surface area contributed by atoms with Gasteiger partial charge < -0.3 is 10.6 Å². The van der Waals surface area contributed by atoms with Crippen molar-refractivity contribution in [2.45, 2.75) is 32.2 Å². The molecule has 0 amide bonds. The van der Waals surface area contributed by atoms with Crippen molar-refractivity contribution in [1.82, 2.24) is 15.3 Å². The Bertz CT molecular complexity index is 416. The Morgan fingerprint density at radius 2 is 1.90 bits per heavy atom. The van der Waals surface area contributed by atoms with Crippen molar-refractivity contribution in [3.8, 4) is 0 Å². The van der Waals surface area contributed by atoms with E-state index in [2.05, 4.69) is 55.3 Å². The van der Waals surface area contributed by atoms with Gasteiger partial charge in [-0.2, -0.15) is 0 Å². The maximum Gasteiger partial charge on any atom is 0.0680 e. The molecule has 1 aromatic heterocycles. The second kappa shape index (κ2) is 6.54. The third-order valence-corrected chi connectivity index (χ3v) is 5.41. The quantitative estimate of drug-likeness (QED) is 0.889. The van der Waals surface area contributed by atoms with Crippen LogP contribution in [-0.4, -0.2) is 49.7 Å². The van der Waals surface area contributed by atoms with Crippen molar-refractivity contribution in [2.75, 3.05) is 39.8 Å². The van der Waals surface area contributed by atoms with Gasteiger partial charge in [-0.25, -0.2) is 10.4 Å². The molecule has 1 unspecified atom stereocenters. The number of nitrogens with zero attached hydrogens (tertiary/aromatic N) is 2. The normalized spacial score (nSPS) is 20.2. The fourth-order valence-corrected chi connectivity index (χ4v) is 3.46. The maximum absolute atomic E-state index is 5.97. The number of piperazine rings is 1. The van der Waals surface area contributed by atoms with Gasteiger partial charge in [0.25, 0.3) is 0 Å². The molecule has 0 saturated carbocycles. The molecular weight excluding hydrogens is 268 g/mol. The van der Waals surface area contributed by atoms with Gasteiger partial charge in [0, 0.05) is 42.5 Å². The van der Waals surface area contributed by atoms with Crippen molar-refractivity contribution in [2.24, 2.45) is 5.73 Å². The highest BCUT2D eigenvalue weighted by Gasteiger charge is 2.22. The predicted octanol–water partition coefficient (Wildman–Crippen LogP) is 1.80. The molecule has 0 bridgehead atoms. The molecule has 1 saturated heterocycles. The average molecular weight is 296 g/mol. The molecule has 2 heterocycles. The number of thiophene rings is 1. The molecule has 0 radical (unpaired) electrons. The summed E-state index contributed by atoms with van der Waals surface area (Å²) in [5.41, 5.74) is 9.79. The lowest BCUT2D eigenvalue weighted by Crippen LogP contribution is -2.52. The lowest BCUT2D eigenvalue weighted by Gasteiger charge is -2.35. The summed E-state index contributed by atoms with van der Waals surface area (Å²) < 4.78 is 0. The van der Waals surface area contributed by atoms with Crippen molar-refractivity contribution >= 4 is 11.3 Å². The molecule has 1 fully saturated rings. The van der Waals surface area contributed by atoms with Crippen LogP contribution in [0.2, 0.25) is 0 Å². The second-order valence-electron chi connectivity index (χ2n) is 6.66. The number of hydrazine groups is 1. The molecule has 1 aliphatic rings. The van der Waals surface area contributed by atoms with Crippen molar-refractivity contribution in [3.05, 3.63) is 21.9 Å². The Kier molecular flexibility index (Phi) is 5.20. The van der Waals surface area contributed by atoms with Gasteiger partial charge in [0.15, 0.2) is 0 Å². The van der Waals surface area contributed by atoms with Crippen LogP contribution in [0.5, 0.6) is 0 Å². The van der Waals surface area contributed by atoms with E-state index in [0.29, 0.717) is 6.54 Å². The van der Waals surface area contributed by atoms with Crippen LogP contribution in [-0.2, 0) is 5.41 Å². The minimum atomic E-state index is 0.218. The van der Waals surface area contributed by atoms with Gasteiger partial charge in [-0.05, 0) is 24.6 Å². The third-order valence-electron chi connectivity index (χ3n) is 3.79.